The summed E-state index contributed by atoms with van der Waals surface area (Å²) in [4.78, 5) is 0. The van der Waals surface area contributed by atoms with Crippen molar-refractivity contribution in [3.63, 3.8) is 0 Å². The van der Waals surface area contributed by atoms with Crippen LogP contribution < -0.4 is 4.74 Å². The van der Waals surface area contributed by atoms with Crippen LogP contribution in [0, 0.1) is 17.8 Å². The van der Waals surface area contributed by atoms with Gasteiger partial charge in [0.1, 0.15) is 5.75 Å². The first-order valence-corrected chi connectivity index (χ1v) is 21.7. The molecule has 1 rings (SSSR count). The van der Waals surface area contributed by atoms with Crippen LogP contribution in [0.5, 0.6) is 5.75 Å². The maximum Gasteiger partial charge on any atom is 0.460 e. The molecule has 0 N–H and O–H groups in total. The van der Waals surface area contributed by atoms with Crippen molar-refractivity contribution in [2.45, 2.75) is 153 Å². The van der Waals surface area contributed by atoms with E-state index in [-0.39, 0.29) is 29.4 Å². The van der Waals surface area contributed by atoms with Crippen LogP contribution in [0.1, 0.15) is 79.7 Å². The van der Waals surface area contributed by atoms with Crippen molar-refractivity contribution in [2.75, 3.05) is 13.2 Å². The highest BCUT2D eigenvalue weighted by atomic mass is 28.4. The average molecular weight is 921 g/mol. The zero-order valence-electron chi connectivity index (χ0n) is 34.5. The van der Waals surface area contributed by atoms with E-state index in [9.17, 15) is 74.6 Å². The molecule has 0 unspecified atom stereocenters. The molecule has 3 nitrogen and oxygen atoms in total. The molecule has 1 aromatic carbocycles. The van der Waals surface area contributed by atoms with Crippen LogP contribution in [0.15, 0.2) is 48.6 Å². The summed E-state index contributed by atoms with van der Waals surface area (Å²) in [6, 6.07) is 5.40. The number of hydrogen-bond donors (Lipinski definition) is 0. The van der Waals surface area contributed by atoms with Crippen molar-refractivity contribution in [1.82, 2.24) is 0 Å². The lowest BCUT2D eigenvalue weighted by molar-refractivity contribution is -0.461. The van der Waals surface area contributed by atoms with Crippen molar-refractivity contribution < 1.29 is 88.5 Å². The van der Waals surface area contributed by atoms with Crippen molar-refractivity contribution in [3.8, 4) is 5.75 Å². The lowest BCUT2D eigenvalue weighted by Crippen LogP contribution is -2.74. The van der Waals surface area contributed by atoms with Crippen molar-refractivity contribution in [2.24, 2.45) is 17.8 Å². The van der Waals surface area contributed by atoms with Crippen molar-refractivity contribution in [3.05, 3.63) is 54.1 Å². The standard InChI is InChI=1S/C39H53F17O3Si/c1-25(13-10-15-26(2)23-59-60(8,9)31(5,6)7)14-11-16-27(3)28(4)58-24-29-17-19-30(20-18-29)57-22-12-21-32(40,41)33(42,43)34(44,45)35(46,47)36(48,49)37(50,51)38(52,53)39(54,55)56/h10-11,13,16-20,25-28H,12,14-15,21-24H2,1-9H3/b13-10+,16-11+/t25-,26-,27+,28+/m0/s1. The van der Waals surface area contributed by atoms with Gasteiger partial charge in [-0.3, -0.25) is 0 Å². The van der Waals surface area contributed by atoms with E-state index in [0.717, 1.165) is 12.8 Å². The molecule has 0 fully saturated rings. The molecule has 0 amide bonds. The largest absolute Gasteiger partial charge is 0.494 e. The number of halogens is 17. The fourth-order valence-electron chi connectivity index (χ4n) is 4.82. The molecule has 0 aliphatic rings. The van der Waals surface area contributed by atoms with E-state index >= 15 is 0 Å². The number of hydrogen-bond acceptors (Lipinski definition) is 3. The van der Waals surface area contributed by atoms with Gasteiger partial charge in [-0.1, -0.05) is 78.0 Å². The first kappa shape index (κ1) is 55.5. The maximum absolute atomic E-state index is 14.2. The van der Waals surface area contributed by atoms with E-state index in [1.165, 1.54) is 24.3 Å². The molecule has 0 saturated heterocycles. The van der Waals surface area contributed by atoms with E-state index in [1.54, 1.807) is 0 Å². The second-order valence-corrected chi connectivity index (χ2v) is 21.4. The van der Waals surface area contributed by atoms with Gasteiger partial charge in [-0.2, -0.15) is 74.6 Å². The van der Waals surface area contributed by atoms with Crippen LogP contribution in [0.4, 0.5) is 74.6 Å². The van der Waals surface area contributed by atoms with Gasteiger partial charge in [0.05, 0.1) is 19.3 Å². The van der Waals surface area contributed by atoms with Crippen LogP contribution in [-0.4, -0.2) is 75.3 Å². The van der Waals surface area contributed by atoms with Gasteiger partial charge in [0.2, 0.25) is 0 Å². The minimum atomic E-state index is -8.65. The SMILES string of the molecule is C[C@@H](C/C=C/[C@H](C)C/C=C/[C@@H](C)[C@@H](C)OCc1ccc(OCCCC(F)(F)C(F)(F)C(F)(F)C(F)(F)C(F)(F)C(F)(F)C(F)(F)C(F)(F)F)cc1)CO[Si](C)(C)C(C)(C)C. The summed E-state index contributed by atoms with van der Waals surface area (Å²) in [5.41, 5.74) is 0.581. The van der Waals surface area contributed by atoms with E-state index in [1.807, 2.05) is 19.9 Å². The first-order chi connectivity index (χ1) is 26.7. The Morgan fingerprint density at radius 3 is 1.57 bits per heavy atom. The van der Waals surface area contributed by atoms with E-state index in [2.05, 4.69) is 65.9 Å². The minimum absolute atomic E-state index is 0.00421. The lowest BCUT2D eigenvalue weighted by atomic mass is 9.88. The van der Waals surface area contributed by atoms with E-state index in [0.29, 0.717) is 24.0 Å². The number of ether oxygens (including phenoxy) is 2. The fourth-order valence-corrected chi connectivity index (χ4v) is 5.95. The minimum Gasteiger partial charge on any atom is -0.494 e. The Kier molecular flexibility index (Phi) is 18.4. The van der Waals surface area contributed by atoms with Gasteiger partial charge >= 0.3 is 47.6 Å². The molecule has 0 radical (unpaired) electrons. The lowest BCUT2D eigenvalue weighted by Gasteiger charge is -2.42. The smallest absolute Gasteiger partial charge is 0.460 e. The van der Waals surface area contributed by atoms with Crippen LogP contribution in [0.2, 0.25) is 18.1 Å². The number of alkyl halides is 17. The molecule has 60 heavy (non-hydrogen) atoms. The number of rotatable bonds is 24. The highest BCUT2D eigenvalue weighted by Gasteiger charge is 2.95. The highest BCUT2D eigenvalue weighted by Crippen LogP contribution is 2.64. The van der Waals surface area contributed by atoms with Crippen LogP contribution in [0.3, 0.4) is 0 Å². The monoisotopic (exact) mass is 920 g/mol. The van der Waals surface area contributed by atoms with Gasteiger partial charge < -0.3 is 13.9 Å². The number of benzene rings is 1. The van der Waals surface area contributed by atoms with Crippen LogP contribution >= 0.6 is 0 Å². The van der Waals surface area contributed by atoms with Gasteiger partial charge in [-0.05, 0) is 79.8 Å². The molecule has 0 spiro atoms. The Morgan fingerprint density at radius 1 is 0.617 bits per heavy atom. The Bertz CT molecular complexity index is 1540. The molecule has 350 valence electrons. The topological polar surface area (TPSA) is 27.7 Å². The van der Waals surface area contributed by atoms with Gasteiger partial charge in [0.15, 0.2) is 8.32 Å². The molecule has 21 heteroatoms. The van der Waals surface area contributed by atoms with Crippen LogP contribution in [-0.2, 0) is 15.8 Å². The van der Waals surface area contributed by atoms with Crippen molar-refractivity contribution in [1.29, 1.82) is 0 Å². The van der Waals surface area contributed by atoms with Gasteiger partial charge in [-0.15, -0.1) is 0 Å². The zero-order chi connectivity index (χ0) is 47.2. The summed E-state index contributed by atoms with van der Waals surface area (Å²) < 4.78 is 246. The summed E-state index contributed by atoms with van der Waals surface area (Å²) in [7, 11) is -1.81. The Balaban J connectivity index is 2.70. The fraction of sp³-hybridized carbons (Fsp3) is 0.744. The molecular weight excluding hydrogens is 867 g/mol. The molecule has 1 aromatic rings. The summed E-state index contributed by atoms with van der Waals surface area (Å²) in [5.74, 6) is -55.8. The van der Waals surface area contributed by atoms with Gasteiger partial charge in [0.25, 0.3) is 0 Å². The predicted octanol–water partition coefficient (Wildman–Crippen LogP) is 14.6. The molecule has 0 saturated carbocycles. The summed E-state index contributed by atoms with van der Waals surface area (Å²) in [6.07, 6.45) is -1.89. The number of allylic oxidation sites excluding steroid dienone is 3. The third-order valence-electron chi connectivity index (χ3n) is 10.4. The molecular formula is C39H53F17O3Si. The first-order valence-electron chi connectivity index (χ1n) is 18.8. The van der Waals surface area contributed by atoms with Crippen LogP contribution in [0.25, 0.3) is 0 Å². The van der Waals surface area contributed by atoms with E-state index < -0.39 is 75.4 Å². The normalized spacial score (nSPS) is 17.0. The van der Waals surface area contributed by atoms with E-state index in [4.69, 9.17) is 13.9 Å². The predicted molar refractivity (Wildman–Crippen MR) is 194 cm³/mol. The second-order valence-electron chi connectivity index (χ2n) is 16.6. The van der Waals surface area contributed by atoms with Gasteiger partial charge in [-0.25, -0.2) is 0 Å². The summed E-state index contributed by atoms with van der Waals surface area (Å²) >= 11 is 0. The quantitative estimate of drug-likeness (QED) is 0.0448. The van der Waals surface area contributed by atoms with Crippen molar-refractivity contribution >= 4 is 8.32 Å². The Labute approximate surface area is 340 Å². The molecule has 0 aromatic heterocycles. The average Bonchev–Trinajstić information content (AvgIpc) is 3.10. The molecule has 4 atom stereocenters. The molecule has 0 aliphatic heterocycles. The maximum atomic E-state index is 14.2. The molecule has 0 heterocycles. The third kappa shape index (κ3) is 12.5. The summed E-state index contributed by atoms with van der Waals surface area (Å²) in [5, 5.41) is 0.144. The Morgan fingerprint density at radius 2 is 1.08 bits per heavy atom. The highest BCUT2D eigenvalue weighted by molar-refractivity contribution is 6.74. The summed E-state index contributed by atoms with van der Waals surface area (Å²) in [6.45, 7) is 18.9. The van der Waals surface area contributed by atoms with Gasteiger partial charge in [0, 0.05) is 13.0 Å². The zero-order valence-corrected chi connectivity index (χ0v) is 35.5. The second kappa shape index (κ2) is 19.9. The third-order valence-corrected chi connectivity index (χ3v) is 14.9. The molecule has 0 aliphatic carbocycles. The Hall–Kier alpha value is -2.55. The molecule has 0 bridgehead atoms.